The molecule has 1 amide bonds. The van der Waals surface area contributed by atoms with Gasteiger partial charge in [-0.2, -0.15) is 0 Å². The third-order valence-corrected chi connectivity index (χ3v) is 3.57. The van der Waals surface area contributed by atoms with Crippen LogP contribution in [-0.2, 0) is 4.74 Å². The number of hydrogen-bond donors (Lipinski definition) is 3. The summed E-state index contributed by atoms with van der Waals surface area (Å²) in [4.78, 5) is 12.3. The van der Waals surface area contributed by atoms with E-state index in [4.69, 9.17) is 22.1 Å². The second kappa shape index (κ2) is 7.85. The Morgan fingerprint density at radius 2 is 1.96 bits per heavy atom. The molecule has 0 saturated carbocycles. The molecule has 4 N–H and O–H groups in total. The summed E-state index contributed by atoms with van der Waals surface area (Å²) in [5.74, 6) is -0.205. The van der Waals surface area contributed by atoms with Gasteiger partial charge in [0.05, 0.1) is 17.9 Å². The van der Waals surface area contributed by atoms with Gasteiger partial charge in [0.15, 0.2) is 0 Å². The van der Waals surface area contributed by atoms with Crippen LogP contribution in [0.3, 0.4) is 0 Å². The van der Waals surface area contributed by atoms with Crippen molar-refractivity contribution in [3.05, 3.63) is 52.5 Å². The number of ether oxygens (including phenoxy) is 1. The summed E-state index contributed by atoms with van der Waals surface area (Å²) in [5, 5.41) is 6.73. The standard InChI is InChI=1S/C17H20ClN3O2/c1-11-9-12(18)3-5-15(11)21-16-6-4-13(19)10-14(16)17(22)20-7-8-23-2/h3-6,9-10,21H,7-8,19H2,1-2H3,(H,20,22). The highest BCUT2D eigenvalue weighted by atomic mass is 35.5. The molecule has 0 bridgehead atoms. The molecule has 0 radical (unpaired) electrons. The molecule has 2 aromatic rings. The summed E-state index contributed by atoms with van der Waals surface area (Å²) < 4.78 is 4.94. The SMILES string of the molecule is COCCNC(=O)c1cc(N)ccc1Nc1ccc(Cl)cc1C. The Kier molecular flexibility index (Phi) is 5.84. The topological polar surface area (TPSA) is 76.4 Å². The van der Waals surface area contributed by atoms with E-state index in [9.17, 15) is 4.79 Å². The zero-order valence-corrected chi connectivity index (χ0v) is 13.9. The second-order valence-corrected chi connectivity index (χ2v) is 5.57. The zero-order chi connectivity index (χ0) is 16.8. The monoisotopic (exact) mass is 333 g/mol. The van der Waals surface area contributed by atoms with Crippen molar-refractivity contribution in [3.63, 3.8) is 0 Å². The number of rotatable bonds is 6. The number of carbonyl (C=O) groups is 1. The van der Waals surface area contributed by atoms with E-state index in [1.165, 1.54) is 0 Å². The third-order valence-electron chi connectivity index (χ3n) is 3.34. The van der Waals surface area contributed by atoms with E-state index in [0.717, 1.165) is 11.3 Å². The molecule has 2 rings (SSSR count). The fourth-order valence-electron chi connectivity index (χ4n) is 2.13. The molecule has 0 spiro atoms. The van der Waals surface area contributed by atoms with E-state index < -0.39 is 0 Å². The van der Waals surface area contributed by atoms with Crippen molar-refractivity contribution in [1.29, 1.82) is 0 Å². The average molecular weight is 334 g/mol. The van der Waals surface area contributed by atoms with Crippen molar-refractivity contribution in [3.8, 4) is 0 Å². The number of aryl methyl sites for hydroxylation is 1. The fourth-order valence-corrected chi connectivity index (χ4v) is 2.36. The van der Waals surface area contributed by atoms with Crippen molar-refractivity contribution in [1.82, 2.24) is 5.32 Å². The number of methoxy groups -OCH3 is 1. The summed E-state index contributed by atoms with van der Waals surface area (Å²) in [5.41, 5.74) is 9.37. The highest BCUT2D eigenvalue weighted by Gasteiger charge is 2.12. The van der Waals surface area contributed by atoms with Crippen LogP contribution >= 0.6 is 11.6 Å². The lowest BCUT2D eigenvalue weighted by atomic mass is 10.1. The molecule has 0 aliphatic rings. The lowest BCUT2D eigenvalue weighted by molar-refractivity contribution is 0.0938. The maximum absolute atomic E-state index is 12.3. The van der Waals surface area contributed by atoms with Crippen LogP contribution in [0.25, 0.3) is 0 Å². The third kappa shape index (κ3) is 4.61. The maximum atomic E-state index is 12.3. The smallest absolute Gasteiger partial charge is 0.253 e. The van der Waals surface area contributed by atoms with Crippen molar-refractivity contribution >= 4 is 34.6 Å². The van der Waals surface area contributed by atoms with Gasteiger partial charge in [-0.3, -0.25) is 4.79 Å². The largest absolute Gasteiger partial charge is 0.399 e. The van der Waals surface area contributed by atoms with Crippen LogP contribution in [-0.4, -0.2) is 26.2 Å². The Hall–Kier alpha value is -2.24. The van der Waals surface area contributed by atoms with Crippen molar-refractivity contribution < 1.29 is 9.53 Å². The van der Waals surface area contributed by atoms with Crippen LogP contribution in [0.4, 0.5) is 17.1 Å². The average Bonchev–Trinajstić information content (AvgIpc) is 2.51. The number of amides is 1. The molecule has 0 fully saturated rings. The number of anilines is 3. The van der Waals surface area contributed by atoms with Gasteiger partial charge >= 0.3 is 0 Å². The van der Waals surface area contributed by atoms with Gasteiger partial charge < -0.3 is 21.1 Å². The molecule has 0 aromatic heterocycles. The molecule has 6 heteroatoms. The van der Waals surface area contributed by atoms with Crippen LogP contribution in [0.2, 0.25) is 5.02 Å². The first-order chi connectivity index (χ1) is 11.0. The van der Waals surface area contributed by atoms with Gasteiger partial charge in [-0.1, -0.05) is 11.6 Å². The van der Waals surface area contributed by atoms with E-state index >= 15 is 0 Å². The van der Waals surface area contributed by atoms with Gasteiger partial charge in [-0.15, -0.1) is 0 Å². The number of carbonyl (C=O) groups excluding carboxylic acids is 1. The van der Waals surface area contributed by atoms with Crippen molar-refractivity contribution in [2.24, 2.45) is 0 Å². The lowest BCUT2D eigenvalue weighted by Crippen LogP contribution is -2.27. The Labute approximate surface area is 140 Å². The van der Waals surface area contributed by atoms with Crippen LogP contribution in [0.5, 0.6) is 0 Å². The Morgan fingerprint density at radius 3 is 2.65 bits per heavy atom. The van der Waals surface area contributed by atoms with Gasteiger partial charge in [0.2, 0.25) is 0 Å². The van der Waals surface area contributed by atoms with Gasteiger partial charge in [-0.05, 0) is 48.9 Å². The number of halogens is 1. The first kappa shape index (κ1) is 17.1. The van der Waals surface area contributed by atoms with Crippen LogP contribution in [0.1, 0.15) is 15.9 Å². The first-order valence-electron chi connectivity index (χ1n) is 7.21. The molecule has 0 unspecified atom stereocenters. The molecule has 23 heavy (non-hydrogen) atoms. The number of nitrogens with one attached hydrogen (secondary N) is 2. The highest BCUT2D eigenvalue weighted by molar-refractivity contribution is 6.30. The molecule has 0 saturated heterocycles. The Morgan fingerprint density at radius 1 is 1.22 bits per heavy atom. The summed E-state index contributed by atoms with van der Waals surface area (Å²) in [7, 11) is 1.59. The van der Waals surface area contributed by atoms with E-state index in [-0.39, 0.29) is 5.91 Å². The quantitative estimate of drug-likeness (QED) is 0.559. The Bertz CT molecular complexity index is 704. The van der Waals surface area contributed by atoms with E-state index in [1.54, 1.807) is 31.4 Å². The predicted molar refractivity (Wildman–Crippen MR) is 94.5 cm³/mol. The van der Waals surface area contributed by atoms with Crippen LogP contribution < -0.4 is 16.4 Å². The number of benzene rings is 2. The van der Waals surface area contributed by atoms with Crippen molar-refractivity contribution in [2.75, 3.05) is 31.3 Å². The molecular formula is C17H20ClN3O2. The minimum absolute atomic E-state index is 0.205. The Balaban J connectivity index is 2.26. The summed E-state index contributed by atoms with van der Waals surface area (Å²) in [6, 6.07) is 10.7. The van der Waals surface area contributed by atoms with E-state index in [1.807, 2.05) is 19.1 Å². The predicted octanol–water partition coefficient (Wildman–Crippen LogP) is 3.35. The fraction of sp³-hybridized carbons (Fsp3) is 0.235. The molecule has 122 valence electrons. The lowest BCUT2D eigenvalue weighted by Gasteiger charge is -2.15. The maximum Gasteiger partial charge on any atom is 0.253 e. The van der Waals surface area contributed by atoms with Crippen LogP contribution in [0.15, 0.2) is 36.4 Å². The minimum Gasteiger partial charge on any atom is -0.399 e. The molecule has 2 aromatic carbocycles. The summed E-state index contributed by atoms with van der Waals surface area (Å²) in [6.45, 7) is 2.83. The van der Waals surface area contributed by atoms with Gasteiger partial charge in [-0.25, -0.2) is 0 Å². The number of hydrogen-bond acceptors (Lipinski definition) is 4. The van der Waals surface area contributed by atoms with E-state index in [0.29, 0.717) is 35.1 Å². The molecular weight excluding hydrogens is 314 g/mol. The minimum atomic E-state index is -0.205. The second-order valence-electron chi connectivity index (χ2n) is 5.14. The normalized spacial score (nSPS) is 10.4. The molecule has 0 heterocycles. The van der Waals surface area contributed by atoms with E-state index in [2.05, 4.69) is 10.6 Å². The van der Waals surface area contributed by atoms with Gasteiger partial charge in [0.1, 0.15) is 0 Å². The molecule has 0 atom stereocenters. The molecule has 0 aliphatic carbocycles. The molecule has 5 nitrogen and oxygen atoms in total. The first-order valence-corrected chi connectivity index (χ1v) is 7.59. The summed E-state index contributed by atoms with van der Waals surface area (Å²) >= 11 is 5.97. The molecule has 0 aliphatic heterocycles. The number of nitrogen functional groups attached to an aromatic ring is 1. The summed E-state index contributed by atoms with van der Waals surface area (Å²) in [6.07, 6.45) is 0. The number of nitrogens with two attached hydrogens (primary N) is 1. The highest BCUT2D eigenvalue weighted by Crippen LogP contribution is 2.27. The van der Waals surface area contributed by atoms with Gasteiger partial charge in [0.25, 0.3) is 5.91 Å². The van der Waals surface area contributed by atoms with Gasteiger partial charge in [0, 0.05) is 30.1 Å². The zero-order valence-electron chi connectivity index (χ0n) is 13.2. The van der Waals surface area contributed by atoms with Crippen LogP contribution in [0, 0.1) is 6.92 Å². The van der Waals surface area contributed by atoms with Crippen molar-refractivity contribution in [2.45, 2.75) is 6.92 Å².